The first-order valence-corrected chi connectivity index (χ1v) is 4.88. The molecule has 74 valence electrons. The van der Waals surface area contributed by atoms with Crippen LogP contribution in [0.2, 0.25) is 0 Å². The topological polar surface area (TPSA) is 68.9 Å². The van der Waals surface area contributed by atoms with Crippen molar-refractivity contribution >= 4 is 5.91 Å². The quantitative estimate of drug-likeness (QED) is 0.775. The van der Waals surface area contributed by atoms with Crippen LogP contribution in [0.4, 0.5) is 0 Å². The van der Waals surface area contributed by atoms with E-state index in [4.69, 9.17) is 5.73 Å². The molecule has 0 radical (unpaired) electrons. The summed E-state index contributed by atoms with van der Waals surface area (Å²) < 4.78 is 0. The molecule has 2 N–H and O–H groups in total. The lowest BCUT2D eigenvalue weighted by Crippen LogP contribution is -2.17. The van der Waals surface area contributed by atoms with E-state index in [9.17, 15) is 4.79 Å². The van der Waals surface area contributed by atoms with Crippen LogP contribution in [-0.2, 0) is 6.42 Å². The van der Waals surface area contributed by atoms with Crippen LogP contribution < -0.4 is 5.73 Å². The van der Waals surface area contributed by atoms with E-state index in [2.05, 4.69) is 9.97 Å². The summed E-state index contributed by atoms with van der Waals surface area (Å²) >= 11 is 0. The molecule has 0 aliphatic heterocycles. The number of nitrogens with zero attached hydrogens (tertiary/aromatic N) is 2. The summed E-state index contributed by atoms with van der Waals surface area (Å²) in [5.74, 6) is 0.148. The second-order valence-corrected chi connectivity index (χ2v) is 3.60. The van der Waals surface area contributed by atoms with Crippen LogP contribution in [0.1, 0.15) is 47.7 Å². The molecule has 0 bridgehead atoms. The molecule has 2 rings (SSSR count). The van der Waals surface area contributed by atoms with E-state index in [1.54, 1.807) is 0 Å². The summed E-state index contributed by atoms with van der Waals surface area (Å²) in [5, 5.41) is 0. The molecule has 1 amide bonds. The van der Waals surface area contributed by atoms with Gasteiger partial charge in [-0.15, -0.1) is 0 Å². The first-order valence-electron chi connectivity index (χ1n) is 4.88. The predicted octanol–water partition coefficient (Wildman–Crippen LogP) is 1.02. The Morgan fingerprint density at radius 1 is 1.57 bits per heavy atom. The van der Waals surface area contributed by atoms with Crippen molar-refractivity contribution in [3.8, 4) is 0 Å². The van der Waals surface area contributed by atoms with Crippen molar-refractivity contribution in [2.24, 2.45) is 5.73 Å². The highest BCUT2D eigenvalue weighted by molar-refractivity contribution is 5.88. The van der Waals surface area contributed by atoms with Crippen LogP contribution in [0.5, 0.6) is 0 Å². The number of amides is 1. The molecule has 0 spiro atoms. The molecule has 1 aromatic rings. The van der Waals surface area contributed by atoms with Gasteiger partial charge in [0.05, 0.1) is 0 Å². The van der Waals surface area contributed by atoms with Crippen molar-refractivity contribution in [1.29, 1.82) is 0 Å². The molecule has 0 atom stereocenters. The fourth-order valence-corrected chi connectivity index (χ4v) is 1.40. The van der Waals surface area contributed by atoms with Gasteiger partial charge in [-0.25, -0.2) is 9.97 Å². The molecule has 4 heteroatoms. The largest absolute Gasteiger partial charge is 0.363 e. The summed E-state index contributed by atoms with van der Waals surface area (Å²) in [6.07, 6.45) is 3.14. The van der Waals surface area contributed by atoms with Gasteiger partial charge in [-0.05, 0) is 25.3 Å². The summed E-state index contributed by atoms with van der Waals surface area (Å²) in [6, 6.07) is 1.98. The number of hydrogen-bond acceptors (Lipinski definition) is 3. The number of rotatable bonds is 3. The van der Waals surface area contributed by atoms with E-state index in [0.717, 1.165) is 17.8 Å². The molecule has 1 saturated carbocycles. The van der Waals surface area contributed by atoms with Crippen molar-refractivity contribution in [2.75, 3.05) is 0 Å². The zero-order chi connectivity index (χ0) is 10.1. The van der Waals surface area contributed by atoms with Gasteiger partial charge in [-0.2, -0.15) is 0 Å². The maximum absolute atomic E-state index is 11.0. The van der Waals surface area contributed by atoms with Crippen molar-refractivity contribution in [2.45, 2.75) is 32.1 Å². The molecular formula is C10H13N3O. The minimum Gasteiger partial charge on any atom is -0.363 e. The average molecular weight is 191 g/mol. The molecule has 1 heterocycles. The molecule has 0 aromatic carbocycles. The van der Waals surface area contributed by atoms with Gasteiger partial charge >= 0.3 is 0 Å². The van der Waals surface area contributed by atoms with Crippen LogP contribution in [-0.4, -0.2) is 15.9 Å². The van der Waals surface area contributed by atoms with Gasteiger partial charge < -0.3 is 5.73 Å². The summed E-state index contributed by atoms with van der Waals surface area (Å²) in [7, 11) is 0. The number of aromatic nitrogens is 2. The van der Waals surface area contributed by atoms with E-state index >= 15 is 0 Å². The Labute approximate surface area is 82.6 Å². The van der Waals surface area contributed by atoms with Gasteiger partial charge in [-0.1, -0.05) is 6.92 Å². The third-order valence-corrected chi connectivity index (χ3v) is 2.38. The number of carbonyl (C=O) groups is 1. The van der Waals surface area contributed by atoms with Gasteiger partial charge in [0, 0.05) is 17.3 Å². The molecule has 1 aliphatic carbocycles. The summed E-state index contributed by atoms with van der Waals surface area (Å²) in [4.78, 5) is 19.2. The number of aryl methyl sites for hydroxylation is 1. The zero-order valence-electron chi connectivity index (χ0n) is 8.16. The van der Waals surface area contributed by atoms with Crippen LogP contribution in [0.3, 0.4) is 0 Å². The molecule has 0 saturated heterocycles. The minimum atomic E-state index is -0.540. The lowest BCUT2D eigenvalue weighted by atomic mass is 10.2. The SMILES string of the molecule is CCc1cc(C2CC2)nc(C(N)=O)n1. The maximum atomic E-state index is 11.0. The van der Waals surface area contributed by atoms with Crippen molar-refractivity contribution in [3.63, 3.8) is 0 Å². The fraction of sp³-hybridized carbons (Fsp3) is 0.500. The van der Waals surface area contributed by atoms with Crippen molar-refractivity contribution in [1.82, 2.24) is 9.97 Å². The van der Waals surface area contributed by atoms with Crippen molar-refractivity contribution < 1.29 is 4.79 Å². The summed E-state index contributed by atoms with van der Waals surface area (Å²) in [5.41, 5.74) is 7.04. The lowest BCUT2D eigenvalue weighted by molar-refractivity contribution is 0.0990. The van der Waals surface area contributed by atoms with E-state index < -0.39 is 5.91 Å². The highest BCUT2D eigenvalue weighted by atomic mass is 16.1. The smallest absolute Gasteiger partial charge is 0.286 e. The maximum Gasteiger partial charge on any atom is 0.286 e. The first kappa shape index (κ1) is 9.12. The second-order valence-electron chi connectivity index (χ2n) is 3.60. The molecule has 1 aromatic heterocycles. The van der Waals surface area contributed by atoms with Gasteiger partial charge in [0.1, 0.15) is 0 Å². The van der Waals surface area contributed by atoms with Crippen LogP contribution in [0.25, 0.3) is 0 Å². The predicted molar refractivity (Wildman–Crippen MR) is 51.9 cm³/mol. The fourth-order valence-electron chi connectivity index (χ4n) is 1.40. The molecule has 14 heavy (non-hydrogen) atoms. The Hall–Kier alpha value is -1.45. The monoisotopic (exact) mass is 191 g/mol. The normalized spacial score (nSPS) is 15.5. The Morgan fingerprint density at radius 3 is 2.79 bits per heavy atom. The number of primary amides is 1. The van der Waals surface area contributed by atoms with Gasteiger partial charge in [0.15, 0.2) is 0 Å². The molecule has 4 nitrogen and oxygen atoms in total. The Morgan fingerprint density at radius 2 is 2.29 bits per heavy atom. The molecule has 1 fully saturated rings. The molecule has 0 unspecified atom stereocenters. The Bertz CT molecular complexity index is 372. The van der Waals surface area contributed by atoms with Crippen LogP contribution >= 0.6 is 0 Å². The highest BCUT2D eigenvalue weighted by Gasteiger charge is 2.26. The van der Waals surface area contributed by atoms with Crippen LogP contribution in [0, 0.1) is 0 Å². The Balaban J connectivity index is 2.40. The van der Waals surface area contributed by atoms with Gasteiger partial charge in [0.2, 0.25) is 5.82 Å². The van der Waals surface area contributed by atoms with E-state index in [-0.39, 0.29) is 5.82 Å². The van der Waals surface area contributed by atoms with Gasteiger partial charge in [-0.3, -0.25) is 4.79 Å². The zero-order valence-corrected chi connectivity index (χ0v) is 8.16. The van der Waals surface area contributed by atoms with E-state index in [1.807, 2.05) is 13.0 Å². The van der Waals surface area contributed by atoms with E-state index in [1.165, 1.54) is 12.8 Å². The minimum absolute atomic E-state index is 0.159. The number of nitrogens with two attached hydrogens (primary N) is 1. The number of hydrogen-bond donors (Lipinski definition) is 1. The summed E-state index contributed by atoms with van der Waals surface area (Å²) in [6.45, 7) is 2.00. The molecule has 1 aliphatic rings. The van der Waals surface area contributed by atoms with Gasteiger partial charge in [0.25, 0.3) is 5.91 Å². The van der Waals surface area contributed by atoms with Crippen LogP contribution in [0.15, 0.2) is 6.07 Å². The lowest BCUT2D eigenvalue weighted by Gasteiger charge is -2.03. The Kier molecular flexibility index (Phi) is 2.19. The highest BCUT2D eigenvalue weighted by Crippen LogP contribution is 2.39. The third kappa shape index (κ3) is 1.73. The van der Waals surface area contributed by atoms with Crippen molar-refractivity contribution in [3.05, 3.63) is 23.3 Å². The average Bonchev–Trinajstić information content (AvgIpc) is 3.00. The standard InChI is InChI=1S/C10H13N3O/c1-2-7-5-8(6-3-4-6)13-10(12-7)9(11)14/h5-6H,2-4H2,1H3,(H2,11,14). The molecular weight excluding hydrogens is 178 g/mol. The first-order chi connectivity index (χ1) is 6.70. The van der Waals surface area contributed by atoms with E-state index in [0.29, 0.717) is 5.92 Å². The number of carbonyl (C=O) groups excluding carboxylic acids is 1. The second kappa shape index (κ2) is 3.36. The third-order valence-electron chi connectivity index (χ3n) is 2.38.